The molecule has 0 saturated carbocycles. The highest BCUT2D eigenvalue weighted by molar-refractivity contribution is 7.99. The summed E-state index contributed by atoms with van der Waals surface area (Å²) in [5, 5.41) is 3.22. The summed E-state index contributed by atoms with van der Waals surface area (Å²) in [6, 6.07) is 9.54. The summed E-state index contributed by atoms with van der Waals surface area (Å²) in [4.78, 5) is 21.0. The molecule has 0 atom stereocenters. The Morgan fingerprint density at radius 1 is 1.20 bits per heavy atom. The summed E-state index contributed by atoms with van der Waals surface area (Å²) < 4.78 is 26.4. The first-order chi connectivity index (χ1) is 11.9. The normalized spacial score (nSPS) is 10.9. The number of nitrogens with one attached hydrogen (secondary N) is 2. The third kappa shape index (κ3) is 4.08. The maximum atomic E-state index is 13.2. The van der Waals surface area contributed by atoms with Gasteiger partial charge in [0.25, 0.3) is 0 Å². The Morgan fingerprint density at radius 3 is 2.56 bits per heavy atom. The van der Waals surface area contributed by atoms with E-state index in [1.165, 1.54) is 0 Å². The molecule has 1 heterocycles. The summed E-state index contributed by atoms with van der Waals surface area (Å²) in [5.74, 6) is -1.96. The van der Waals surface area contributed by atoms with Crippen molar-refractivity contribution in [3.63, 3.8) is 0 Å². The molecular weight excluding hydrogens is 346 g/mol. The molecule has 0 unspecified atom stereocenters. The van der Waals surface area contributed by atoms with Crippen LogP contribution in [0.5, 0.6) is 0 Å². The molecule has 1 amide bonds. The van der Waals surface area contributed by atoms with Crippen LogP contribution in [0, 0.1) is 11.6 Å². The van der Waals surface area contributed by atoms with Crippen molar-refractivity contribution in [2.45, 2.75) is 5.16 Å². The van der Waals surface area contributed by atoms with E-state index in [4.69, 9.17) is 0 Å². The van der Waals surface area contributed by atoms with Crippen LogP contribution in [0.2, 0.25) is 0 Å². The number of aromatic nitrogens is 2. The monoisotopic (exact) mass is 362 g/mol. The molecule has 2 aromatic carbocycles. The van der Waals surface area contributed by atoms with Crippen LogP contribution in [-0.4, -0.2) is 35.7 Å². The number of imidazole rings is 1. The number of carbonyl (C=O) groups excluding carboxylic acids is 1. The Hall–Kier alpha value is -2.61. The molecule has 3 aromatic rings. The highest BCUT2D eigenvalue weighted by Crippen LogP contribution is 2.22. The molecule has 8 heteroatoms. The molecule has 0 saturated heterocycles. The third-order valence-corrected chi connectivity index (χ3v) is 4.38. The predicted molar refractivity (Wildman–Crippen MR) is 96.1 cm³/mol. The second kappa shape index (κ2) is 7.10. The van der Waals surface area contributed by atoms with Gasteiger partial charge in [-0.15, -0.1) is 0 Å². The molecule has 130 valence electrons. The van der Waals surface area contributed by atoms with Gasteiger partial charge in [0.1, 0.15) is 0 Å². The maximum absolute atomic E-state index is 13.2. The minimum atomic E-state index is -0.950. The van der Waals surface area contributed by atoms with Crippen LogP contribution >= 0.6 is 11.8 Å². The highest BCUT2D eigenvalue weighted by atomic mass is 32.2. The van der Waals surface area contributed by atoms with E-state index in [0.717, 1.165) is 29.6 Å². The van der Waals surface area contributed by atoms with Gasteiger partial charge in [-0.25, -0.2) is 13.8 Å². The van der Waals surface area contributed by atoms with Crippen LogP contribution in [0.15, 0.2) is 41.6 Å². The van der Waals surface area contributed by atoms with Gasteiger partial charge in [0.15, 0.2) is 16.8 Å². The Balaban J connectivity index is 1.60. The van der Waals surface area contributed by atoms with Gasteiger partial charge in [0, 0.05) is 37.6 Å². The van der Waals surface area contributed by atoms with Crippen molar-refractivity contribution in [1.82, 2.24) is 9.97 Å². The lowest BCUT2D eigenvalue weighted by atomic mass is 10.2. The fourth-order valence-corrected chi connectivity index (χ4v) is 2.91. The number of carbonyl (C=O) groups is 1. The number of nitrogens with zero attached hydrogens (tertiary/aromatic N) is 2. The minimum absolute atomic E-state index is 0.125. The Bertz CT molecular complexity index is 870. The van der Waals surface area contributed by atoms with Crippen molar-refractivity contribution in [2.75, 3.05) is 30.1 Å². The molecular formula is C17H16F2N4OS. The van der Waals surface area contributed by atoms with Gasteiger partial charge in [-0.3, -0.25) is 4.79 Å². The quantitative estimate of drug-likeness (QED) is 0.681. The first-order valence-corrected chi connectivity index (χ1v) is 8.46. The third-order valence-electron chi connectivity index (χ3n) is 3.51. The van der Waals surface area contributed by atoms with Crippen molar-refractivity contribution >= 4 is 40.1 Å². The van der Waals surface area contributed by atoms with Gasteiger partial charge in [-0.1, -0.05) is 11.8 Å². The largest absolute Gasteiger partial charge is 0.378 e. The molecule has 3 rings (SSSR count). The second-order valence-corrected chi connectivity index (χ2v) is 6.57. The fraction of sp³-hybridized carbons (Fsp3) is 0.176. The number of aromatic amines is 1. The molecule has 0 spiro atoms. The molecule has 0 aliphatic carbocycles. The van der Waals surface area contributed by atoms with Crippen molar-refractivity contribution in [3.05, 3.63) is 48.0 Å². The zero-order valence-electron chi connectivity index (χ0n) is 13.6. The van der Waals surface area contributed by atoms with Gasteiger partial charge in [0.2, 0.25) is 5.91 Å². The highest BCUT2D eigenvalue weighted by Gasteiger charge is 2.11. The number of benzene rings is 2. The second-order valence-electron chi connectivity index (χ2n) is 5.60. The lowest BCUT2D eigenvalue weighted by molar-refractivity contribution is -0.113. The van der Waals surface area contributed by atoms with Crippen LogP contribution in [0.25, 0.3) is 11.0 Å². The lowest BCUT2D eigenvalue weighted by Crippen LogP contribution is -2.14. The zero-order valence-corrected chi connectivity index (χ0v) is 14.5. The molecule has 0 fully saturated rings. The summed E-state index contributed by atoms with van der Waals surface area (Å²) in [5.41, 5.74) is 2.45. The summed E-state index contributed by atoms with van der Waals surface area (Å²) in [6.07, 6.45) is 0. The summed E-state index contributed by atoms with van der Waals surface area (Å²) >= 11 is 1.16. The van der Waals surface area contributed by atoms with Gasteiger partial charge in [-0.05, 0) is 24.3 Å². The zero-order chi connectivity index (χ0) is 18.0. The molecule has 0 bridgehead atoms. The van der Waals surface area contributed by atoms with Crippen LogP contribution in [0.1, 0.15) is 0 Å². The van der Waals surface area contributed by atoms with E-state index in [1.54, 1.807) is 0 Å². The number of rotatable bonds is 5. The Kier molecular flexibility index (Phi) is 4.89. The molecule has 0 aliphatic rings. The molecule has 25 heavy (non-hydrogen) atoms. The number of anilines is 2. The van der Waals surface area contributed by atoms with Crippen LogP contribution in [0.3, 0.4) is 0 Å². The number of halogens is 2. The number of hydrogen-bond acceptors (Lipinski definition) is 4. The van der Waals surface area contributed by atoms with Crippen LogP contribution < -0.4 is 10.2 Å². The SMILES string of the molecule is CN(C)c1ccc(NC(=O)CSc2nc3cc(F)c(F)cc3[nH]2)cc1. The van der Waals surface area contributed by atoms with E-state index in [-0.39, 0.29) is 11.7 Å². The number of amides is 1. The smallest absolute Gasteiger partial charge is 0.234 e. The standard InChI is InChI=1S/C17H16F2N4OS/c1-23(2)11-5-3-10(4-6-11)20-16(24)9-25-17-21-14-7-12(18)13(19)8-15(14)22-17/h3-8H,9H2,1-2H3,(H,20,24)(H,21,22). The predicted octanol–water partition coefficient (Wildman–Crippen LogP) is 3.64. The van der Waals surface area contributed by atoms with Gasteiger partial charge in [-0.2, -0.15) is 0 Å². The first-order valence-electron chi connectivity index (χ1n) is 7.47. The number of H-pyrrole nitrogens is 1. The van der Waals surface area contributed by atoms with E-state index in [0.29, 0.717) is 21.9 Å². The van der Waals surface area contributed by atoms with Gasteiger partial charge >= 0.3 is 0 Å². The van der Waals surface area contributed by atoms with Crippen molar-refractivity contribution < 1.29 is 13.6 Å². The minimum Gasteiger partial charge on any atom is -0.378 e. The van der Waals surface area contributed by atoms with E-state index in [2.05, 4.69) is 15.3 Å². The summed E-state index contributed by atoms with van der Waals surface area (Å²) in [7, 11) is 3.88. The lowest BCUT2D eigenvalue weighted by Gasteiger charge is -2.12. The average Bonchev–Trinajstić information content (AvgIpc) is 2.95. The van der Waals surface area contributed by atoms with E-state index >= 15 is 0 Å². The average molecular weight is 362 g/mol. The molecule has 5 nitrogen and oxygen atoms in total. The van der Waals surface area contributed by atoms with Crippen LogP contribution in [-0.2, 0) is 4.79 Å². The Labute approximate surface area is 147 Å². The molecule has 2 N–H and O–H groups in total. The van der Waals surface area contributed by atoms with Gasteiger partial charge < -0.3 is 15.2 Å². The van der Waals surface area contributed by atoms with Crippen molar-refractivity contribution in [1.29, 1.82) is 0 Å². The van der Waals surface area contributed by atoms with Crippen molar-refractivity contribution in [3.8, 4) is 0 Å². The van der Waals surface area contributed by atoms with E-state index in [1.807, 2.05) is 43.3 Å². The van der Waals surface area contributed by atoms with Gasteiger partial charge in [0.05, 0.1) is 16.8 Å². The first kappa shape index (κ1) is 17.2. The fourth-order valence-electron chi connectivity index (χ4n) is 2.22. The number of thioether (sulfide) groups is 1. The molecule has 1 aromatic heterocycles. The van der Waals surface area contributed by atoms with Crippen LogP contribution in [0.4, 0.5) is 20.2 Å². The number of hydrogen-bond donors (Lipinski definition) is 2. The number of fused-ring (bicyclic) bond motifs is 1. The van der Waals surface area contributed by atoms with Crippen molar-refractivity contribution in [2.24, 2.45) is 0 Å². The van der Waals surface area contributed by atoms with E-state index < -0.39 is 11.6 Å². The van der Waals surface area contributed by atoms with E-state index in [9.17, 15) is 13.6 Å². The Morgan fingerprint density at radius 2 is 1.88 bits per heavy atom. The topological polar surface area (TPSA) is 61.0 Å². The summed E-state index contributed by atoms with van der Waals surface area (Å²) in [6.45, 7) is 0. The molecule has 0 aliphatic heterocycles. The molecule has 0 radical (unpaired) electrons. The maximum Gasteiger partial charge on any atom is 0.234 e.